The third kappa shape index (κ3) is 10.8. The van der Waals surface area contributed by atoms with Gasteiger partial charge in [0.05, 0.1) is 0 Å². The molecule has 2 rings (SSSR count). The number of rotatable bonds is 12. The van der Waals surface area contributed by atoms with Gasteiger partial charge in [-0.15, -0.1) is 16.4 Å². The lowest BCUT2D eigenvalue weighted by atomic mass is 9.67. The zero-order valence-corrected chi connectivity index (χ0v) is 19.9. The molecular weight excluding hydrogens is 416 g/mol. The fourth-order valence-electron chi connectivity index (χ4n) is 3.08. The van der Waals surface area contributed by atoms with Crippen LogP contribution >= 0.6 is 23.5 Å². The number of hydrogen-bond donors (Lipinski definition) is 1. The number of unbranched alkanes of at least 4 members (excludes halogenated alkanes) is 2. The Hall–Kier alpha value is -1.13. The first-order valence-corrected chi connectivity index (χ1v) is 12.7. The number of thioether (sulfide) groups is 2. The van der Waals surface area contributed by atoms with Crippen LogP contribution in [0.25, 0.3) is 0 Å². The molecule has 0 heterocycles. The summed E-state index contributed by atoms with van der Waals surface area (Å²) in [6.07, 6.45) is 6.36. The molecule has 2 aromatic rings. The average Bonchev–Trinajstić information content (AvgIpc) is 2.76. The maximum atomic E-state index is 8.36. The van der Waals surface area contributed by atoms with Gasteiger partial charge in [-0.2, -0.15) is 23.5 Å². The van der Waals surface area contributed by atoms with E-state index in [4.69, 9.17) is 41.3 Å². The fraction of sp³-hybridized carbons (Fsp3) is 0.435. The summed E-state index contributed by atoms with van der Waals surface area (Å²) in [5, 5.41) is 7.57. The molecule has 0 saturated carbocycles. The van der Waals surface area contributed by atoms with Crippen molar-refractivity contribution in [2.24, 2.45) is 0 Å². The van der Waals surface area contributed by atoms with E-state index in [1.165, 1.54) is 37.7 Å². The fourth-order valence-corrected chi connectivity index (χ4v) is 5.59. The van der Waals surface area contributed by atoms with Gasteiger partial charge in [-0.05, 0) is 24.2 Å². The van der Waals surface area contributed by atoms with E-state index in [0.717, 1.165) is 22.8 Å². The maximum Gasteiger partial charge on any atom is 0.290 e. The molecule has 31 heavy (non-hydrogen) atoms. The minimum absolute atomic E-state index is 0.250. The third-order valence-electron chi connectivity index (χ3n) is 4.87. The summed E-state index contributed by atoms with van der Waals surface area (Å²) in [6.45, 7) is 2.01. The number of carboxylic acid groups (broad SMARTS) is 1. The van der Waals surface area contributed by atoms with Crippen molar-refractivity contribution in [1.29, 1.82) is 0 Å². The highest BCUT2D eigenvalue weighted by Gasteiger charge is 2.11. The summed E-state index contributed by atoms with van der Waals surface area (Å²) in [5.41, 5.74) is 4.38. The normalized spacial score (nSPS) is 11.4. The lowest BCUT2D eigenvalue weighted by Crippen LogP contribution is -2.45. The van der Waals surface area contributed by atoms with Gasteiger partial charge in [0.2, 0.25) is 0 Å². The second kappa shape index (κ2) is 16.5. The van der Waals surface area contributed by atoms with Gasteiger partial charge in [0.25, 0.3) is 6.47 Å². The van der Waals surface area contributed by atoms with Crippen molar-refractivity contribution < 1.29 is 9.90 Å². The van der Waals surface area contributed by atoms with E-state index < -0.39 is 0 Å². The van der Waals surface area contributed by atoms with Crippen molar-refractivity contribution in [2.45, 2.75) is 55.8 Å². The minimum atomic E-state index is -0.250. The van der Waals surface area contributed by atoms with E-state index in [2.05, 4.69) is 49.0 Å². The molecule has 0 bridgehead atoms. The Bertz CT molecular complexity index is 776. The molecule has 1 atom stereocenters. The highest BCUT2D eigenvalue weighted by molar-refractivity contribution is 7.99. The smallest absolute Gasteiger partial charge is 0.290 e. The molecule has 0 aliphatic heterocycles. The minimum Gasteiger partial charge on any atom is -0.483 e. The predicted molar refractivity (Wildman–Crippen MR) is 143 cm³/mol. The zero-order valence-electron chi connectivity index (χ0n) is 18.3. The van der Waals surface area contributed by atoms with Crippen molar-refractivity contribution in [3.63, 3.8) is 0 Å². The lowest BCUT2D eigenvalue weighted by molar-refractivity contribution is -0.122. The highest BCUT2D eigenvalue weighted by atomic mass is 32.2. The molecule has 2 aromatic carbocycles. The van der Waals surface area contributed by atoms with Crippen molar-refractivity contribution in [1.82, 2.24) is 0 Å². The van der Waals surface area contributed by atoms with Crippen molar-refractivity contribution in [3.8, 4) is 0 Å². The van der Waals surface area contributed by atoms with Crippen LogP contribution in [-0.2, 0) is 16.3 Å². The van der Waals surface area contributed by atoms with E-state index in [1.54, 1.807) is 6.07 Å². The largest absolute Gasteiger partial charge is 0.483 e. The predicted octanol–water partition coefficient (Wildman–Crippen LogP) is 2.07. The Balaban J connectivity index is 0.00000151. The molecule has 156 valence electrons. The van der Waals surface area contributed by atoms with Crippen LogP contribution in [0.15, 0.2) is 36.4 Å². The molecule has 1 unspecified atom stereocenters. The molecule has 2 nitrogen and oxygen atoms in total. The molecule has 0 fully saturated rings. The van der Waals surface area contributed by atoms with Crippen LogP contribution < -0.4 is 21.9 Å². The Morgan fingerprint density at radius 2 is 1.65 bits per heavy atom. The van der Waals surface area contributed by atoms with Gasteiger partial charge in [0.15, 0.2) is 0 Å². The lowest BCUT2D eigenvalue weighted by Gasteiger charge is -2.18. The Morgan fingerprint density at radius 3 is 2.29 bits per heavy atom. The maximum absolute atomic E-state index is 8.36. The summed E-state index contributed by atoms with van der Waals surface area (Å²) >= 11 is 3.95. The van der Waals surface area contributed by atoms with Crippen molar-refractivity contribution in [2.75, 3.05) is 5.75 Å². The molecule has 0 spiro atoms. The quantitative estimate of drug-likeness (QED) is 0.310. The Morgan fingerprint density at radius 1 is 0.968 bits per heavy atom. The molecule has 0 aliphatic rings. The average molecular weight is 444 g/mol. The van der Waals surface area contributed by atoms with E-state index in [0.29, 0.717) is 27.1 Å². The Kier molecular flexibility index (Phi) is 14.8. The number of carbonyl (C=O) groups is 1. The molecule has 0 saturated heterocycles. The second-order valence-electron chi connectivity index (χ2n) is 7.22. The van der Waals surface area contributed by atoms with Crippen molar-refractivity contribution in [3.05, 3.63) is 47.5 Å². The molecular formula is C23H28B4O2S2. The first-order chi connectivity index (χ1) is 14.9. The van der Waals surface area contributed by atoms with Crippen LogP contribution in [0, 0.1) is 0 Å². The van der Waals surface area contributed by atoms with Gasteiger partial charge in [-0.25, -0.2) is 0 Å². The SMILES string of the molecule is O=CO.[B]c1cc([B])c(CSCCC(CCCCC)SCc2ccccc2)c([B])c1[B]. The van der Waals surface area contributed by atoms with Crippen LogP contribution in [0.5, 0.6) is 0 Å². The molecule has 0 amide bonds. The van der Waals surface area contributed by atoms with Gasteiger partial charge in [0.1, 0.15) is 31.4 Å². The van der Waals surface area contributed by atoms with Crippen LogP contribution in [-0.4, -0.2) is 54.0 Å². The molecule has 8 heteroatoms. The highest BCUT2D eigenvalue weighted by Crippen LogP contribution is 2.27. The zero-order chi connectivity index (χ0) is 23.1. The summed E-state index contributed by atoms with van der Waals surface area (Å²) < 4.78 is 0. The van der Waals surface area contributed by atoms with Crippen molar-refractivity contribution >= 4 is 83.2 Å². The van der Waals surface area contributed by atoms with Gasteiger partial charge >= 0.3 is 0 Å². The topological polar surface area (TPSA) is 37.3 Å². The van der Waals surface area contributed by atoms with Gasteiger partial charge in [0, 0.05) is 16.8 Å². The van der Waals surface area contributed by atoms with E-state index >= 15 is 0 Å². The molecule has 0 aliphatic carbocycles. The van der Waals surface area contributed by atoms with Crippen LogP contribution in [0.2, 0.25) is 0 Å². The third-order valence-corrected chi connectivity index (χ3v) is 7.33. The van der Waals surface area contributed by atoms with E-state index in [1.807, 2.05) is 11.8 Å². The van der Waals surface area contributed by atoms with E-state index in [-0.39, 0.29) is 6.47 Å². The van der Waals surface area contributed by atoms with Crippen LogP contribution in [0.1, 0.15) is 50.2 Å². The van der Waals surface area contributed by atoms with Gasteiger partial charge in [-0.1, -0.05) is 73.6 Å². The van der Waals surface area contributed by atoms with E-state index in [9.17, 15) is 0 Å². The monoisotopic (exact) mass is 444 g/mol. The van der Waals surface area contributed by atoms with Crippen LogP contribution in [0.3, 0.4) is 0 Å². The first-order valence-electron chi connectivity index (χ1n) is 10.5. The van der Waals surface area contributed by atoms with Crippen LogP contribution in [0.4, 0.5) is 0 Å². The summed E-state index contributed by atoms with van der Waals surface area (Å²) in [6, 6.07) is 12.4. The molecule has 8 radical (unpaired) electrons. The standard InChI is InChI=1S/C22H26B4S2.CH2O2/c1-2-3-5-10-17(28-14-16-8-6-4-7-9-16)11-12-27-15-18-19(23)13-20(24)22(26)21(18)25;2-1-3/h4,6-9,13,17H,2-3,5,10-12,14-15H2,1H3;1H,(H,2,3). The molecule has 0 aromatic heterocycles. The Labute approximate surface area is 201 Å². The first kappa shape index (κ1) is 27.9. The molecule has 1 N–H and O–H groups in total. The van der Waals surface area contributed by atoms with Gasteiger partial charge in [-0.3, -0.25) is 4.79 Å². The summed E-state index contributed by atoms with van der Waals surface area (Å²) in [7, 11) is 24.0. The summed E-state index contributed by atoms with van der Waals surface area (Å²) in [5.74, 6) is 2.94. The second-order valence-corrected chi connectivity index (χ2v) is 9.62. The number of benzene rings is 2. The van der Waals surface area contributed by atoms with Gasteiger partial charge < -0.3 is 5.11 Å². The number of hydrogen-bond acceptors (Lipinski definition) is 3. The summed E-state index contributed by atoms with van der Waals surface area (Å²) in [4.78, 5) is 8.36.